The number of para-hydroxylation sites is 1. The van der Waals surface area contributed by atoms with Gasteiger partial charge in [-0.3, -0.25) is 24.1 Å². The van der Waals surface area contributed by atoms with Crippen molar-refractivity contribution in [1.29, 1.82) is 0 Å². The van der Waals surface area contributed by atoms with Gasteiger partial charge in [0.25, 0.3) is 11.1 Å². The molecule has 0 saturated carbocycles. The lowest BCUT2D eigenvalue weighted by atomic mass is 10.2. The van der Waals surface area contributed by atoms with Crippen LogP contribution in [0.2, 0.25) is 0 Å². The van der Waals surface area contributed by atoms with E-state index in [4.69, 9.17) is 0 Å². The molecule has 0 aliphatic carbocycles. The zero-order valence-electron chi connectivity index (χ0n) is 11.0. The number of rotatable bonds is 1. The molecule has 0 unspecified atom stereocenters. The van der Waals surface area contributed by atoms with Crippen molar-refractivity contribution >= 4 is 10.9 Å². The average Bonchev–Trinajstić information content (AvgIpc) is 2.41. The molecule has 7 nitrogen and oxygen atoms in total. The maximum absolute atomic E-state index is 12.1. The summed E-state index contributed by atoms with van der Waals surface area (Å²) in [6.07, 6.45) is 0. The number of hydrogen-bond donors (Lipinski definition) is 3. The number of benzene rings is 1. The van der Waals surface area contributed by atoms with Gasteiger partial charge in [0, 0.05) is 6.07 Å². The van der Waals surface area contributed by atoms with E-state index >= 15 is 0 Å². The van der Waals surface area contributed by atoms with Crippen LogP contribution in [0.3, 0.4) is 0 Å². The van der Waals surface area contributed by atoms with Gasteiger partial charge in [-0.2, -0.15) is 0 Å². The van der Waals surface area contributed by atoms with Crippen molar-refractivity contribution in [2.75, 3.05) is 0 Å². The fourth-order valence-corrected chi connectivity index (χ4v) is 2.36. The standard InChI is InChI=1S/C14H11N3O4/c1-7-6-10(18)15-13(20)11(7)17-9-5-3-2-4-8(9)12(19)16-14(17)21/h2-6H,1H3,(H2,15,18,20)(H,16,19,21). The molecule has 0 aliphatic heterocycles. The first-order valence-electron chi connectivity index (χ1n) is 6.16. The summed E-state index contributed by atoms with van der Waals surface area (Å²) < 4.78 is 1.16. The quantitative estimate of drug-likeness (QED) is 0.600. The summed E-state index contributed by atoms with van der Waals surface area (Å²) in [5.74, 6) is -0.431. The fraction of sp³-hybridized carbons (Fsp3) is 0.0714. The summed E-state index contributed by atoms with van der Waals surface area (Å²) in [6, 6.07) is 7.78. The van der Waals surface area contributed by atoms with Crippen LogP contribution in [0, 0.1) is 6.92 Å². The van der Waals surface area contributed by atoms with Crippen LogP contribution in [0.15, 0.2) is 44.7 Å². The number of aromatic amines is 2. The second kappa shape index (κ2) is 4.48. The van der Waals surface area contributed by atoms with Crippen LogP contribution >= 0.6 is 0 Å². The number of pyridine rings is 1. The van der Waals surface area contributed by atoms with Crippen molar-refractivity contribution in [2.45, 2.75) is 6.92 Å². The SMILES string of the molecule is Cc1cc(=O)[nH]c(O)c1-n1c(=O)[nH]c(=O)c2ccccc21. The molecule has 0 fully saturated rings. The number of aromatic nitrogens is 3. The Bertz CT molecular complexity index is 1000. The second-order valence-corrected chi connectivity index (χ2v) is 4.63. The molecule has 21 heavy (non-hydrogen) atoms. The summed E-state index contributed by atoms with van der Waals surface area (Å²) in [6.45, 7) is 1.59. The van der Waals surface area contributed by atoms with Crippen LogP contribution in [0.25, 0.3) is 16.6 Å². The molecular formula is C14H11N3O4. The smallest absolute Gasteiger partial charge is 0.333 e. The van der Waals surface area contributed by atoms with Gasteiger partial charge in [0.2, 0.25) is 5.88 Å². The molecule has 0 amide bonds. The van der Waals surface area contributed by atoms with Crippen molar-refractivity contribution in [3.63, 3.8) is 0 Å². The summed E-state index contributed by atoms with van der Waals surface area (Å²) in [4.78, 5) is 39.7. The van der Waals surface area contributed by atoms with Gasteiger partial charge in [0.15, 0.2) is 0 Å². The van der Waals surface area contributed by atoms with Gasteiger partial charge in [0.05, 0.1) is 10.9 Å². The fourth-order valence-electron chi connectivity index (χ4n) is 2.36. The number of aryl methyl sites for hydroxylation is 1. The van der Waals surface area contributed by atoms with Gasteiger partial charge in [-0.1, -0.05) is 12.1 Å². The Morgan fingerprint density at radius 3 is 2.52 bits per heavy atom. The molecule has 3 N–H and O–H groups in total. The minimum atomic E-state index is -0.691. The maximum Gasteiger partial charge on any atom is 0.333 e. The Morgan fingerprint density at radius 2 is 1.81 bits per heavy atom. The highest BCUT2D eigenvalue weighted by Crippen LogP contribution is 2.22. The zero-order chi connectivity index (χ0) is 15.1. The molecule has 0 saturated heterocycles. The first-order chi connectivity index (χ1) is 9.99. The van der Waals surface area contributed by atoms with Crippen LogP contribution in [0.1, 0.15) is 5.56 Å². The topological polar surface area (TPSA) is 108 Å². The van der Waals surface area contributed by atoms with Gasteiger partial charge in [-0.25, -0.2) is 4.79 Å². The Morgan fingerprint density at radius 1 is 1.10 bits per heavy atom. The lowest BCUT2D eigenvalue weighted by molar-refractivity contribution is 0.448. The number of hydrogen-bond acceptors (Lipinski definition) is 4. The van der Waals surface area contributed by atoms with Crippen LogP contribution in [-0.4, -0.2) is 19.6 Å². The zero-order valence-corrected chi connectivity index (χ0v) is 11.0. The summed E-state index contributed by atoms with van der Waals surface area (Å²) in [5, 5.41) is 10.3. The molecule has 1 aromatic carbocycles. The third-order valence-corrected chi connectivity index (χ3v) is 3.22. The average molecular weight is 285 g/mol. The first-order valence-corrected chi connectivity index (χ1v) is 6.16. The normalized spacial score (nSPS) is 10.9. The Hall–Kier alpha value is -3.09. The molecule has 2 heterocycles. The second-order valence-electron chi connectivity index (χ2n) is 4.63. The van der Waals surface area contributed by atoms with E-state index in [-0.39, 0.29) is 5.69 Å². The van der Waals surface area contributed by atoms with Gasteiger partial charge in [0.1, 0.15) is 5.69 Å². The Kier molecular flexibility index (Phi) is 2.76. The number of fused-ring (bicyclic) bond motifs is 1. The third kappa shape index (κ3) is 1.95. The molecular weight excluding hydrogens is 274 g/mol. The first kappa shape index (κ1) is 12.9. The number of H-pyrrole nitrogens is 2. The van der Waals surface area contributed by atoms with Gasteiger partial charge < -0.3 is 5.11 Å². The monoisotopic (exact) mass is 285 g/mol. The molecule has 0 aliphatic rings. The van der Waals surface area contributed by atoms with E-state index in [2.05, 4.69) is 9.97 Å². The molecule has 3 rings (SSSR count). The predicted molar refractivity (Wildman–Crippen MR) is 77.2 cm³/mol. The van der Waals surface area contributed by atoms with Crippen molar-refractivity contribution in [3.8, 4) is 11.6 Å². The third-order valence-electron chi connectivity index (χ3n) is 3.22. The maximum atomic E-state index is 12.1. The minimum absolute atomic E-state index is 0.132. The van der Waals surface area contributed by atoms with E-state index in [0.717, 1.165) is 4.57 Å². The predicted octanol–water partition coefficient (Wildman–Crippen LogP) is 0.381. The van der Waals surface area contributed by atoms with Crippen molar-refractivity contribution in [3.05, 3.63) is 67.1 Å². The number of nitrogens with zero attached hydrogens (tertiary/aromatic N) is 1. The van der Waals surface area contributed by atoms with Crippen LogP contribution in [-0.2, 0) is 0 Å². The molecule has 0 spiro atoms. The lowest BCUT2D eigenvalue weighted by Crippen LogP contribution is -2.30. The van der Waals surface area contributed by atoms with E-state index < -0.39 is 22.7 Å². The van der Waals surface area contributed by atoms with Gasteiger partial charge in [-0.05, 0) is 24.6 Å². The number of nitrogens with one attached hydrogen (secondary N) is 2. The van der Waals surface area contributed by atoms with Crippen molar-refractivity contribution in [2.24, 2.45) is 0 Å². The summed E-state index contributed by atoms with van der Waals surface area (Å²) >= 11 is 0. The van der Waals surface area contributed by atoms with E-state index in [9.17, 15) is 19.5 Å². The van der Waals surface area contributed by atoms with Gasteiger partial charge >= 0.3 is 5.69 Å². The molecule has 7 heteroatoms. The van der Waals surface area contributed by atoms with Crippen LogP contribution in [0.4, 0.5) is 0 Å². The Labute approximate surface area is 117 Å². The minimum Gasteiger partial charge on any atom is -0.493 e. The molecule has 3 aromatic rings. The largest absolute Gasteiger partial charge is 0.493 e. The number of aromatic hydroxyl groups is 1. The van der Waals surface area contributed by atoms with Crippen molar-refractivity contribution in [1.82, 2.24) is 14.5 Å². The van der Waals surface area contributed by atoms with Crippen LogP contribution < -0.4 is 16.8 Å². The van der Waals surface area contributed by atoms with Crippen LogP contribution in [0.5, 0.6) is 5.88 Å². The van der Waals surface area contributed by atoms with Crippen molar-refractivity contribution < 1.29 is 5.11 Å². The van der Waals surface area contributed by atoms with E-state index in [1.165, 1.54) is 6.07 Å². The molecule has 0 bridgehead atoms. The molecule has 106 valence electrons. The summed E-state index contributed by atoms with van der Waals surface area (Å²) in [7, 11) is 0. The van der Waals surface area contributed by atoms with Gasteiger partial charge in [-0.15, -0.1) is 0 Å². The highest BCUT2D eigenvalue weighted by molar-refractivity contribution is 5.80. The molecule has 0 atom stereocenters. The highest BCUT2D eigenvalue weighted by atomic mass is 16.3. The Balaban J connectivity index is 2.56. The van der Waals surface area contributed by atoms with E-state index in [1.807, 2.05) is 0 Å². The van der Waals surface area contributed by atoms with E-state index in [0.29, 0.717) is 16.5 Å². The molecule has 2 aromatic heterocycles. The highest BCUT2D eigenvalue weighted by Gasteiger charge is 2.15. The lowest BCUT2D eigenvalue weighted by Gasteiger charge is -2.12. The molecule has 0 radical (unpaired) electrons. The summed E-state index contributed by atoms with van der Waals surface area (Å²) in [5.41, 5.74) is -0.785. The van der Waals surface area contributed by atoms with E-state index in [1.54, 1.807) is 31.2 Å².